The van der Waals surface area contributed by atoms with E-state index in [1.165, 1.54) is 0 Å². The van der Waals surface area contributed by atoms with Crippen molar-refractivity contribution in [3.05, 3.63) is 24.3 Å². The van der Waals surface area contributed by atoms with E-state index < -0.39 is 46.5 Å². The number of hydrogen-bond acceptors (Lipinski definition) is 5. The molecule has 136 valence electrons. The molecule has 0 aliphatic heterocycles. The zero-order valence-corrected chi connectivity index (χ0v) is 14.2. The highest BCUT2D eigenvalue weighted by atomic mass is 32.2. The molecule has 0 aliphatic rings. The molecule has 15 heteroatoms. The minimum Gasteiger partial charge on any atom is -0.356 e. The van der Waals surface area contributed by atoms with Gasteiger partial charge in [0.05, 0.1) is 5.52 Å². The number of hydrogen-bond donors (Lipinski definition) is 0. The van der Waals surface area contributed by atoms with Gasteiger partial charge in [-0.15, -0.1) is 4.43 Å². The van der Waals surface area contributed by atoms with Crippen LogP contribution in [0.1, 0.15) is 0 Å². The van der Waals surface area contributed by atoms with Crippen LogP contribution in [0.5, 0.6) is 5.88 Å². The standard InChI is InChI=1S/C10H4F6NO5S2.Al/c11-9(12,13)23(18,19)17-7-4-2-1-3-6(7)5-8(17)22-24(20,21)10(14,15)16;/h2-5H;. The molecule has 6 nitrogen and oxygen atoms in total. The van der Waals surface area contributed by atoms with E-state index in [0.717, 1.165) is 18.2 Å². The maximum Gasteiger partial charge on any atom is 0.534 e. The fourth-order valence-electron chi connectivity index (χ4n) is 1.75. The highest BCUT2D eigenvalue weighted by molar-refractivity contribution is 7.91. The Hall–Kier alpha value is -1.43. The lowest BCUT2D eigenvalue weighted by Gasteiger charge is -2.14. The Labute approximate surface area is 144 Å². The van der Waals surface area contributed by atoms with Gasteiger partial charge in [-0.1, -0.05) is 12.1 Å². The molecule has 0 unspecified atom stereocenters. The number of halogens is 6. The first-order valence-corrected chi connectivity index (χ1v) is 9.24. The molecule has 2 aromatic rings. The molecule has 0 aliphatic carbocycles. The average molecular weight is 423 g/mol. The summed E-state index contributed by atoms with van der Waals surface area (Å²) < 4.78 is 124. The molecule has 0 fully saturated rings. The first-order valence-electron chi connectivity index (χ1n) is 5.81. The molecule has 2 rings (SSSR count). The molecule has 0 N–H and O–H groups in total. The zero-order valence-electron chi connectivity index (χ0n) is 11.5. The molecular formula is C10H4AlF6NO5S2. The quantitative estimate of drug-likeness (QED) is 0.322. The topological polar surface area (TPSA) is 82.4 Å². The zero-order chi connectivity index (χ0) is 19.4. The van der Waals surface area contributed by atoms with Crippen LogP contribution in [0.15, 0.2) is 24.3 Å². The van der Waals surface area contributed by atoms with E-state index in [-0.39, 0.29) is 5.39 Å². The minimum atomic E-state index is -6.39. The molecule has 1 aromatic heterocycles. The number of rotatable bonds is 3. The molecular weight excluding hydrogens is 419 g/mol. The number of nitrogens with zero attached hydrogens (tertiary/aromatic N) is 1. The van der Waals surface area contributed by atoms with E-state index in [0.29, 0.717) is 10.5 Å². The second kappa shape index (κ2) is 5.80. The van der Waals surface area contributed by atoms with Crippen LogP contribution in [0.4, 0.5) is 26.3 Å². The third-order valence-electron chi connectivity index (χ3n) is 2.76. The van der Waals surface area contributed by atoms with Gasteiger partial charge < -0.3 is 4.18 Å². The monoisotopic (exact) mass is 423 g/mol. The second-order valence-corrected chi connectivity index (χ2v) is 8.48. The number of fused-ring (bicyclic) bond motifs is 1. The average Bonchev–Trinajstić information content (AvgIpc) is 2.72. The predicted molar refractivity (Wildman–Crippen MR) is 73.3 cm³/mol. The van der Waals surface area contributed by atoms with Gasteiger partial charge in [-0.25, -0.2) is 0 Å². The molecule has 1 heterocycles. The summed E-state index contributed by atoms with van der Waals surface area (Å²) in [6, 6.07) is 3.55. The number of benzene rings is 1. The van der Waals surface area contributed by atoms with E-state index in [2.05, 4.69) is 20.5 Å². The van der Waals surface area contributed by atoms with Gasteiger partial charge in [0.2, 0.25) is 5.88 Å². The lowest BCUT2D eigenvalue weighted by molar-refractivity contribution is -0.0502. The first kappa shape index (κ1) is 19.9. The summed E-state index contributed by atoms with van der Waals surface area (Å²) in [5.74, 6) is -1.67. The predicted octanol–water partition coefficient (Wildman–Crippen LogP) is 1.36. The summed E-state index contributed by atoms with van der Waals surface area (Å²) in [5, 5.41) is -0.285. The van der Waals surface area contributed by atoms with Crippen molar-refractivity contribution in [3.63, 3.8) is 0 Å². The highest BCUT2D eigenvalue weighted by Crippen LogP contribution is 2.36. The summed E-state index contributed by atoms with van der Waals surface area (Å²) in [7, 11) is -12.7. The fourth-order valence-corrected chi connectivity index (χ4v) is 3.48. The third-order valence-corrected chi connectivity index (χ3v) is 5.52. The van der Waals surface area contributed by atoms with E-state index in [4.69, 9.17) is 0 Å². The van der Waals surface area contributed by atoms with E-state index in [9.17, 15) is 43.2 Å². The van der Waals surface area contributed by atoms with Crippen LogP contribution in [0.2, 0.25) is 0 Å². The Morgan fingerprint density at radius 2 is 1.48 bits per heavy atom. The van der Waals surface area contributed by atoms with Crippen molar-refractivity contribution in [1.82, 2.24) is 3.97 Å². The fraction of sp³-hybridized carbons (Fsp3) is 0.200. The van der Waals surface area contributed by atoms with E-state index in [1.54, 1.807) is 0 Å². The van der Waals surface area contributed by atoms with Crippen molar-refractivity contribution in [3.8, 4) is 5.88 Å². The van der Waals surface area contributed by atoms with Crippen molar-refractivity contribution in [1.29, 1.82) is 0 Å². The molecule has 0 spiro atoms. The molecule has 0 saturated heterocycles. The first-order chi connectivity index (χ1) is 11.1. The maximum absolute atomic E-state index is 12.8. The van der Waals surface area contributed by atoms with E-state index in [1.807, 2.05) is 0 Å². The van der Waals surface area contributed by atoms with Gasteiger partial charge in [0.1, 0.15) is 0 Å². The van der Waals surface area contributed by atoms with Crippen LogP contribution in [0, 0.1) is 0 Å². The molecule has 0 saturated carbocycles. The molecule has 0 bridgehead atoms. The van der Waals surface area contributed by atoms with Crippen LogP contribution < -0.4 is 8.61 Å². The minimum absolute atomic E-state index is 0.285. The molecule has 1 aromatic carbocycles. The van der Waals surface area contributed by atoms with Crippen molar-refractivity contribution in [2.45, 2.75) is 11.0 Å². The van der Waals surface area contributed by atoms with Crippen molar-refractivity contribution in [2.24, 2.45) is 0 Å². The summed E-state index contributed by atoms with van der Waals surface area (Å²) in [6.07, 6.45) is 0. The largest absolute Gasteiger partial charge is 0.534 e. The summed E-state index contributed by atoms with van der Waals surface area (Å²) >= 11 is 2.12. The Balaban J connectivity index is 2.84. The Morgan fingerprint density at radius 1 is 0.920 bits per heavy atom. The van der Waals surface area contributed by atoms with Gasteiger partial charge >= 0.3 is 31.2 Å². The Bertz CT molecular complexity index is 1040. The van der Waals surface area contributed by atoms with E-state index >= 15 is 0 Å². The number of alkyl halides is 6. The van der Waals surface area contributed by atoms with Crippen LogP contribution in [0.25, 0.3) is 10.9 Å². The SMILES string of the molecule is O=S(=O)(Oc1cc2c[c]([Al])ccc2n1S(=O)(=O)C(F)(F)F)C(F)(F)F. The summed E-state index contributed by atoms with van der Waals surface area (Å²) in [6.45, 7) is 0. The lowest BCUT2D eigenvalue weighted by atomic mass is 10.2. The lowest BCUT2D eigenvalue weighted by Crippen LogP contribution is -2.33. The summed E-state index contributed by atoms with van der Waals surface area (Å²) in [4.78, 5) is 0. The van der Waals surface area contributed by atoms with Gasteiger partial charge in [-0.3, -0.25) is 0 Å². The molecule has 25 heavy (non-hydrogen) atoms. The number of aromatic nitrogens is 1. The molecule has 0 atom stereocenters. The smallest absolute Gasteiger partial charge is 0.356 e. The van der Waals surface area contributed by atoms with Crippen LogP contribution in [-0.4, -0.2) is 48.1 Å². The van der Waals surface area contributed by atoms with Gasteiger partial charge in [-0.2, -0.15) is 47.2 Å². The van der Waals surface area contributed by atoms with Crippen molar-refractivity contribution in [2.75, 3.05) is 0 Å². The summed E-state index contributed by atoms with van der Waals surface area (Å²) in [5.41, 5.74) is -12.6. The Kier molecular flexibility index (Phi) is 4.61. The van der Waals surface area contributed by atoms with Gasteiger partial charge in [-0.05, 0) is 6.07 Å². The Morgan fingerprint density at radius 3 is 1.96 bits per heavy atom. The van der Waals surface area contributed by atoms with Crippen molar-refractivity contribution < 1.29 is 47.4 Å². The maximum atomic E-state index is 12.8. The van der Waals surface area contributed by atoms with Crippen molar-refractivity contribution >= 4 is 51.8 Å². The third kappa shape index (κ3) is 3.46. The van der Waals surface area contributed by atoms with Gasteiger partial charge in [0, 0.05) is 11.5 Å². The second-order valence-electron chi connectivity index (χ2n) is 4.50. The van der Waals surface area contributed by atoms with Gasteiger partial charge in [0.25, 0.3) is 0 Å². The normalized spacial score (nSPS) is 14.0. The van der Waals surface area contributed by atoms with Gasteiger partial charge in [0.15, 0.2) is 16.3 Å². The molecule has 2 radical (unpaired) electrons. The highest BCUT2D eigenvalue weighted by Gasteiger charge is 2.52. The molecule has 0 amide bonds. The van der Waals surface area contributed by atoms with Crippen LogP contribution in [0.3, 0.4) is 0 Å². The van der Waals surface area contributed by atoms with Crippen LogP contribution in [-0.2, 0) is 20.1 Å². The van der Waals surface area contributed by atoms with Crippen LogP contribution >= 0.6 is 0 Å².